The molecule has 0 unspecified atom stereocenters. The van der Waals surface area contributed by atoms with Gasteiger partial charge in [0.15, 0.2) is 0 Å². The van der Waals surface area contributed by atoms with Crippen molar-refractivity contribution in [3.63, 3.8) is 0 Å². The maximum atomic E-state index is 12.4. The smallest absolute Gasteiger partial charge is 0.232 e. The Balaban J connectivity index is 1.55. The molecule has 0 heterocycles. The van der Waals surface area contributed by atoms with Crippen molar-refractivity contribution in [1.82, 2.24) is 5.32 Å². The van der Waals surface area contributed by atoms with Crippen LogP contribution < -0.4 is 9.62 Å². The Kier molecular flexibility index (Phi) is 6.85. The SMILES string of the molecule is C[C@@H](NC(=O)CCCN(c1cccc(Cl)c1)S(C)(=O)=O)c1ccc2c(c1)CCC2. The van der Waals surface area contributed by atoms with E-state index in [-0.39, 0.29) is 24.9 Å². The third-order valence-corrected chi connectivity index (χ3v) is 6.69. The summed E-state index contributed by atoms with van der Waals surface area (Å²) in [6, 6.07) is 13.1. The highest BCUT2D eigenvalue weighted by molar-refractivity contribution is 7.92. The summed E-state index contributed by atoms with van der Waals surface area (Å²) in [5, 5.41) is 3.49. The highest BCUT2D eigenvalue weighted by Gasteiger charge is 2.19. The number of fused-ring (bicyclic) bond motifs is 1. The number of nitrogens with one attached hydrogen (secondary N) is 1. The number of anilines is 1. The average Bonchev–Trinajstić information content (AvgIpc) is 3.12. The molecule has 1 aliphatic carbocycles. The molecule has 0 radical (unpaired) electrons. The molecule has 1 amide bonds. The van der Waals surface area contributed by atoms with Crippen LogP contribution in [0.3, 0.4) is 0 Å². The zero-order valence-electron chi connectivity index (χ0n) is 16.8. The molecule has 0 spiro atoms. The number of rotatable bonds is 8. The Labute approximate surface area is 178 Å². The number of carbonyl (C=O) groups excluding carboxylic acids is 1. The van der Waals surface area contributed by atoms with Crippen molar-refractivity contribution in [2.24, 2.45) is 0 Å². The minimum atomic E-state index is -3.46. The van der Waals surface area contributed by atoms with Gasteiger partial charge < -0.3 is 5.32 Å². The summed E-state index contributed by atoms with van der Waals surface area (Å²) in [6.45, 7) is 2.20. The second-order valence-electron chi connectivity index (χ2n) is 7.59. The molecule has 29 heavy (non-hydrogen) atoms. The van der Waals surface area contributed by atoms with Crippen molar-refractivity contribution in [3.8, 4) is 0 Å². The van der Waals surface area contributed by atoms with Gasteiger partial charge in [-0.1, -0.05) is 35.9 Å². The maximum absolute atomic E-state index is 12.4. The van der Waals surface area contributed by atoms with Gasteiger partial charge in [0, 0.05) is 18.0 Å². The number of benzene rings is 2. The molecule has 3 rings (SSSR count). The summed E-state index contributed by atoms with van der Waals surface area (Å²) >= 11 is 5.99. The number of halogens is 1. The standard InChI is InChI=1S/C22H27ClN2O3S/c1-16(18-12-11-17-6-3-7-19(17)14-18)24-22(26)10-5-13-25(29(2,27)28)21-9-4-8-20(23)15-21/h4,8-9,11-12,14-16H,3,5-7,10,13H2,1-2H3,(H,24,26)/t16-/m1/s1. The zero-order chi connectivity index (χ0) is 21.0. The first-order valence-electron chi connectivity index (χ1n) is 9.88. The Morgan fingerprint density at radius 1 is 1.17 bits per heavy atom. The predicted octanol–water partition coefficient (Wildman–Crippen LogP) is 4.25. The van der Waals surface area contributed by atoms with Crippen LogP contribution in [-0.4, -0.2) is 27.1 Å². The van der Waals surface area contributed by atoms with Crippen LogP contribution in [0.15, 0.2) is 42.5 Å². The lowest BCUT2D eigenvalue weighted by molar-refractivity contribution is -0.121. The summed E-state index contributed by atoms with van der Waals surface area (Å²) in [6.07, 6.45) is 5.27. The highest BCUT2D eigenvalue weighted by Crippen LogP contribution is 2.26. The van der Waals surface area contributed by atoms with E-state index < -0.39 is 10.0 Å². The van der Waals surface area contributed by atoms with E-state index in [0.717, 1.165) is 24.7 Å². The topological polar surface area (TPSA) is 66.5 Å². The second-order valence-corrected chi connectivity index (χ2v) is 9.93. The fourth-order valence-electron chi connectivity index (χ4n) is 3.76. The molecule has 7 heteroatoms. The van der Waals surface area contributed by atoms with Crippen LogP contribution in [-0.2, 0) is 27.7 Å². The molecular formula is C22H27ClN2O3S. The molecule has 2 aromatic rings. The summed E-state index contributed by atoms with van der Waals surface area (Å²) < 4.78 is 25.6. The van der Waals surface area contributed by atoms with Gasteiger partial charge in [-0.3, -0.25) is 9.10 Å². The first kappa shape index (κ1) is 21.7. The van der Waals surface area contributed by atoms with Crippen LogP contribution >= 0.6 is 11.6 Å². The summed E-state index contributed by atoms with van der Waals surface area (Å²) in [7, 11) is -3.46. The number of hydrogen-bond acceptors (Lipinski definition) is 3. The lowest BCUT2D eigenvalue weighted by Gasteiger charge is -2.22. The number of amides is 1. The monoisotopic (exact) mass is 434 g/mol. The van der Waals surface area contributed by atoms with Gasteiger partial charge in [-0.15, -0.1) is 0 Å². The fourth-order valence-corrected chi connectivity index (χ4v) is 4.90. The lowest BCUT2D eigenvalue weighted by atomic mass is 10.0. The number of hydrogen-bond donors (Lipinski definition) is 1. The van der Waals surface area contributed by atoms with E-state index in [4.69, 9.17) is 11.6 Å². The van der Waals surface area contributed by atoms with E-state index in [1.807, 2.05) is 6.92 Å². The fraction of sp³-hybridized carbons (Fsp3) is 0.409. The molecular weight excluding hydrogens is 408 g/mol. The zero-order valence-corrected chi connectivity index (χ0v) is 18.4. The quantitative estimate of drug-likeness (QED) is 0.675. The van der Waals surface area contributed by atoms with Crippen molar-refractivity contribution >= 4 is 33.2 Å². The summed E-state index contributed by atoms with van der Waals surface area (Å²) in [5.74, 6) is -0.0856. The van der Waals surface area contributed by atoms with Crippen molar-refractivity contribution in [3.05, 3.63) is 64.2 Å². The van der Waals surface area contributed by atoms with Gasteiger partial charge in [-0.2, -0.15) is 0 Å². The molecule has 0 saturated carbocycles. The van der Waals surface area contributed by atoms with E-state index in [1.165, 1.54) is 21.9 Å². The van der Waals surface area contributed by atoms with Gasteiger partial charge in [-0.25, -0.2) is 8.42 Å². The number of sulfonamides is 1. The van der Waals surface area contributed by atoms with Gasteiger partial charge in [0.25, 0.3) is 0 Å². The first-order chi connectivity index (χ1) is 13.7. The maximum Gasteiger partial charge on any atom is 0.232 e. The molecule has 0 bridgehead atoms. The van der Waals surface area contributed by atoms with Crippen molar-refractivity contribution < 1.29 is 13.2 Å². The van der Waals surface area contributed by atoms with E-state index in [9.17, 15) is 13.2 Å². The second kappa shape index (κ2) is 9.18. The Bertz CT molecular complexity index is 991. The number of aryl methyl sites for hydroxylation is 2. The molecule has 0 saturated heterocycles. The van der Waals surface area contributed by atoms with Crippen LogP contribution in [0.4, 0.5) is 5.69 Å². The lowest BCUT2D eigenvalue weighted by Crippen LogP contribution is -2.32. The third-order valence-electron chi connectivity index (χ3n) is 5.26. The van der Waals surface area contributed by atoms with Crippen LogP contribution in [0.1, 0.15) is 48.9 Å². The molecule has 1 aliphatic rings. The van der Waals surface area contributed by atoms with Gasteiger partial charge in [0.05, 0.1) is 18.0 Å². The predicted molar refractivity (Wildman–Crippen MR) is 118 cm³/mol. The van der Waals surface area contributed by atoms with Crippen LogP contribution in [0.2, 0.25) is 5.02 Å². The molecule has 0 aliphatic heterocycles. The van der Waals surface area contributed by atoms with Crippen molar-refractivity contribution in [2.75, 3.05) is 17.1 Å². The number of nitrogens with zero attached hydrogens (tertiary/aromatic N) is 1. The van der Waals surface area contributed by atoms with Gasteiger partial charge in [-0.05, 0) is 67.5 Å². The number of carbonyl (C=O) groups is 1. The van der Waals surface area contributed by atoms with E-state index in [2.05, 4.69) is 23.5 Å². The molecule has 156 valence electrons. The molecule has 2 aromatic carbocycles. The Hall–Kier alpha value is -2.05. The van der Waals surface area contributed by atoms with E-state index in [0.29, 0.717) is 17.1 Å². The molecule has 0 aromatic heterocycles. The molecule has 1 N–H and O–H groups in total. The highest BCUT2D eigenvalue weighted by atomic mass is 35.5. The first-order valence-corrected chi connectivity index (χ1v) is 12.1. The molecule has 1 atom stereocenters. The van der Waals surface area contributed by atoms with Crippen LogP contribution in [0.25, 0.3) is 0 Å². The van der Waals surface area contributed by atoms with Gasteiger partial charge in [0.2, 0.25) is 15.9 Å². The van der Waals surface area contributed by atoms with E-state index >= 15 is 0 Å². The van der Waals surface area contributed by atoms with Gasteiger partial charge >= 0.3 is 0 Å². The average molecular weight is 435 g/mol. The largest absolute Gasteiger partial charge is 0.350 e. The Morgan fingerprint density at radius 2 is 1.93 bits per heavy atom. The van der Waals surface area contributed by atoms with Crippen LogP contribution in [0.5, 0.6) is 0 Å². The third kappa shape index (κ3) is 5.73. The van der Waals surface area contributed by atoms with E-state index in [1.54, 1.807) is 24.3 Å². The molecule has 0 fully saturated rings. The summed E-state index contributed by atoms with van der Waals surface area (Å²) in [4.78, 5) is 12.4. The normalized spacial score (nSPS) is 14.3. The summed E-state index contributed by atoms with van der Waals surface area (Å²) in [5.41, 5.74) is 4.41. The Morgan fingerprint density at radius 3 is 2.66 bits per heavy atom. The molecule has 5 nitrogen and oxygen atoms in total. The van der Waals surface area contributed by atoms with Crippen molar-refractivity contribution in [2.45, 2.75) is 45.1 Å². The minimum Gasteiger partial charge on any atom is -0.350 e. The van der Waals surface area contributed by atoms with Gasteiger partial charge in [0.1, 0.15) is 0 Å². The van der Waals surface area contributed by atoms with Crippen LogP contribution in [0, 0.1) is 0 Å². The minimum absolute atomic E-state index is 0.0765. The van der Waals surface area contributed by atoms with Crippen molar-refractivity contribution in [1.29, 1.82) is 0 Å².